The van der Waals surface area contributed by atoms with Crippen LogP contribution in [0.4, 0.5) is 0 Å². The highest BCUT2D eigenvalue weighted by molar-refractivity contribution is 5.91. The lowest BCUT2D eigenvalue weighted by atomic mass is 10.0. The summed E-state index contributed by atoms with van der Waals surface area (Å²) in [7, 11) is 1.29. The zero-order valence-corrected chi connectivity index (χ0v) is 18.6. The van der Waals surface area contributed by atoms with Crippen molar-refractivity contribution in [2.45, 2.75) is 50.6 Å². The molecule has 7 heteroatoms. The molecule has 0 bridgehead atoms. The Labute approximate surface area is 189 Å². The molecule has 2 atom stereocenters. The van der Waals surface area contributed by atoms with Gasteiger partial charge in [-0.1, -0.05) is 67.1 Å². The van der Waals surface area contributed by atoms with E-state index in [4.69, 9.17) is 10.5 Å². The summed E-state index contributed by atoms with van der Waals surface area (Å²) in [6.07, 6.45) is 3.37. The Morgan fingerprint density at radius 1 is 0.812 bits per heavy atom. The van der Waals surface area contributed by atoms with Gasteiger partial charge in [0.05, 0.1) is 7.11 Å². The zero-order valence-electron chi connectivity index (χ0n) is 18.6. The average Bonchev–Trinajstić information content (AvgIpc) is 2.81. The number of carbonyl (C=O) groups is 3. The first kappa shape index (κ1) is 25.1. The molecule has 7 nitrogen and oxygen atoms in total. The Morgan fingerprint density at radius 3 is 1.91 bits per heavy atom. The number of carbonyl (C=O) groups excluding carboxylic acids is 3. The molecule has 0 fully saturated rings. The molecule has 2 aromatic rings. The molecule has 32 heavy (non-hydrogen) atoms. The summed E-state index contributed by atoms with van der Waals surface area (Å²) < 4.78 is 4.89. The normalized spacial score (nSPS) is 12.4. The van der Waals surface area contributed by atoms with E-state index in [0.29, 0.717) is 32.2 Å². The van der Waals surface area contributed by atoms with Gasteiger partial charge in [-0.2, -0.15) is 0 Å². The van der Waals surface area contributed by atoms with Crippen LogP contribution in [0.2, 0.25) is 0 Å². The van der Waals surface area contributed by atoms with Crippen molar-refractivity contribution in [1.29, 1.82) is 0 Å². The van der Waals surface area contributed by atoms with Gasteiger partial charge in [-0.15, -0.1) is 0 Å². The number of amides is 2. The molecular weight excluding hydrogens is 406 g/mol. The number of ether oxygens (including phenoxy) is 1. The molecule has 0 aliphatic carbocycles. The molecule has 2 rings (SSSR count). The average molecular weight is 440 g/mol. The lowest BCUT2D eigenvalue weighted by Crippen LogP contribution is -2.53. The highest BCUT2D eigenvalue weighted by Gasteiger charge is 2.27. The van der Waals surface area contributed by atoms with Gasteiger partial charge in [-0.25, -0.2) is 4.79 Å². The van der Waals surface area contributed by atoms with Crippen molar-refractivity contribution in [2.24, 2.45) is 5.73 Å². The van der Waals surface area contributed by atoms with Crippen LogP contribution in [0.15, 0.2) is 60.7 Å². The summed E-state index contributed by atoms with van der Waals surface area (Å²) in [6.45, 7) is 0.594. The SMILES string of the molecule is COC(=O)[C@@H](Cc1ccccc1)NC(=O)[C@H](Cc1ccccc1)NC(=O)CCCCCN. The summed E-state index contributed by atoms with van der Waals surface area (Å²) in [5, 5.41) is 5.61. The molecule has 0 saturated carbocycles. The van der Waals surface area contributed by atoms with Crippen LogP contribution in [0.25, 0.3) is 0 Å². The van der Waals surface area contributed by atoms with Crippen molar-refractivity contribution >= 4 is 17.8 Å². The number of nitrogens with one attached hydrogen (secondary N) is 2. The molecule has 0 aromatic heterocycles. The molecule has 2 amide bonds. The molecular formula is C25H33N3O4. The van der Waals surface area contributed by atoms with Gasteiger partial charge in [-0.05, 0) is 30.5 Å². The fourth-order valence-corrected chi connectivity index (χ4v) is 3.39. The Kier molecular flexibility index (Phi) is 11.0. The summed E-state index contributed by atoms with van der Waals surface area (Å²) >= 11 is 0. The smallest absolute Gasteiger partial charge is 0.328 e. The van der Waals surface area contributed by atoms with Crippen molar-refractivity contribution in [3.8, 4) is 0 Å². The molecule has 0 aliphatic rings. The molecule has 0 spiro atoms. The van der Waals surface area contributed by atoms with Crippen molar-refractivity contribution in [3.63, 3.8) is 0 Å². The molecule has 0 saturated heterocycles. The van der Waals surface area contributed by atoms with E-state index in [9.17, 15) is 14.4 Å². The maximum Gasteiger partial charge on any atom is 0.328 e. The largest absolute Gasteiger partial charge is 0.467 e. The van der Waals surface area contributed by atoms with Gasteiger partial charge < -0.3 is 21.1 Å². The lowest BCUT2D eigenvalue weighted by molar-refractivity contribution is -0.145. The number of nitrogens with two attached hydrogens (primary N) is 1. The van der Waals surface area contributed by atoms with Gasteiger partial charge >= 0.3 is 5.97 Å². The van der Waals surface area contributed by atoms with Crippen LogP contribution in [0, 0.1) is 0 Å². The van der Waals surface area contributed by atoms with Crippen LogP contribution in [0.3, 0.4) is 0 Å². The molecule has 0 heterocycles. The molecule has 0 unspecified atom stereocenters. The van der Waals surface area contributed by atoms with Gasteiger partial charge in [0.15, 0.2) is 0 Å². The Hall–Kier alpha value is -3.19. The van der Waals surface area contributed by atoms with Gasteiger partial charge in [-0.3, -0.25) is 9.59 Å². The van der Waals surface area contributed by atoms with Crippen molar-refractivity contribution in [2.75, 3.05) is 13.7 Å². The van der Waals surface area contributed by atoms with Crippen LogP contribution in [-0.4, -0.2) is 43.5 Å². The van der Waals surface area contributed by atoms with Gasteiger partial charge in [0.25, 0.3) is 0 Å². The molecule has 4 N–H and O–H groups in total. The minimum absolute atomic E-state index is 0.198. The van der Waals surface area contributed by atoms with E-state index < -0.39 is 24.0 Å². The number of methoxy groups -OCH3 is 1. The molecule has 0 radical (unpaired) electrons. The van der Waals surface area contributed by atoms with Crippen LogP contribution >= 0.6 is 0 Å². The van der Waals surface area contributed by atoms with E-state index in [2.05, 4.69) is 10.6 Å². The van der Waals surface area contributed by atoms with E-state index in [-0.39, 0.29) is 5.91 Å². The van der Waals surface area contributed by atoms with Crippen molar-refractivity contribution < 1.29 is 19.1 Å². The fraction of sp³-hybridized carbons (Fsp3) is 0.400. The summed E-state index contributed by atoms with van der Waals surface area (Å²) in [6, 6.07) is 17.2. The Balaban J connectivity index is 2.09. The standard InChI is InChI=1S/C25H33N3O4/c1-32-25(31)22(18-20-13-7-3-8-14-20)28-24(30)21(17-19-11-5-2-6-12-19)27-23(29)15-9-4-10-16-26/h2-3,5-8,11-14,21-22H,4,9-10,15-18,26H2,1H3,(H,27,29)(H,28,30)/t21-,22+/m0/s1. The van der Waals surface area contributed by atoms with E-state index in [1.807, 2.05) is 60.7 Å². The lowest BCUT2D eigenvalue weighted by Gasteiger charge is -2.22. The van der Waals surface area contributed by atoms with Crippen LogP contribution in [0.1, 0.15) is 36.8 Å². The molecule has 2 aromatic carbocycles. The van der Waals surface area contributed by atoms with Crippen molar-refractivity contribution in [3.05, 3.63) is 71.8 Å². The monoisotopic (exact) mass is 439 g/mol. The van der Waals surface area contributed by atoms with Gasteiger partial charge in [0.1, 0.15) is 12.1 Å². The number of rotatable bonds is 13. The number of hydrogen-bond donors (Lipinski definition) is 3. The summed E-state index contributed by atoms with van der Waals surface area (Å²) in [5.41, 5.74) is 7.30. The minimum Gasteiger partial charge on any atom is -0.467 e. The predicted molar refractivity (Wildman–Crippen MR) is 124 cm³/mol. The van der Waals surface area contributed by atoms with E-state index in [0.717, 1.165) is 24.0 Å². The first-order valence-corrected chi connectivity index (χ1v) is 11.0. The summed E-state index contributed by atoms with van der Waals surface area (Å²) in [4.78, 5) is 37.9. The van der Waals surface area contributed by atoms with Crippen LogP contribution in [-0.2, 0) is 32.0 Å². The second kappa shape index (κ2) is 14.0. The van der Waals surface area contributed by atoms with Gasteiger partial charge in [0, 0.05) is 19.3 Å². The van der Waals surface area contributed by atoms with E-state index >= 15 is 0 Å². The Morgan fingerprint density at radius 2 is 1.38 bits per heavy atom. The van der Waals surface area contributed by atoms with Crippen LogP contribution < -0.4 is 16.4 Å². The molecule has 0 aliphatic heterocycles. The van der Waals surface area contributed by atoms with Crippen LogP contribution in [0.5, 0.6) is 0 Å². The fourth-order valence-electron chi connectivity index (χ4n) is 3.39. The highest BCUT2D eigenvalue weighted by Crippen LogP contribution is 2.08. The third-order valence-electron chi connectivity index (χ3n) is 5.13. The highest BCUT2D eigenvalue weighted by atomic mass is 16.5. The first-order valence-electron chi connectivity index (χ1n) is 11.0. The molecule has 172 valence electrons. The quantitative estimate of drug-likeness (QED) is 0.327. The maximum atomic E-state index is 13.1. The zero-order chi connectivity index (χ0) is 23.2. The number of hydrogen-bond acceptors (Lipinski definition) is 5. The first-order chi connectivity index (χ1) is 15.5. The third kappa shape index (κ3) is 8.89. The summed E-state index contributed by atoms with van der Waals surface area (Å²) in [5.74, 6) is -1.15. The topological polar surface area (TPSA) is 111 Å². The van der Waals surface area contributed by atoms with Gasteiger partial charge in [0.2, 0.25) is 11.8 Å². The second-order valence-electron chi connectivity index (χ2n) is 7.68. The minimum atomic E-state index is -0.852. The number of esters is 1. The van der Waals surface area contributed by atoms with Crippen molar-refractivity contribution in [1.82, 2.24) is 10.6 Å². The number of benzene rings is 2. The second-order valence-corrected chi connectivity index (χ2v) is 7.68. The van der Waals surface area contributed by atoms with E-state index in [1.165, 1.54) is 7.11 Å². The van der Waals surface area contributed by atoms with E-state index in [1.54, 1.807) is 0 Å². The predicted octanol–water partition coefficient (Wildman–Crippen LogP) is 2.13. The number of unbranched alkanes of at least 4 members (excludes halogenated alkanes) is 2. The maximum absolute atomic E-state index is 13.1. The Bertz CT molecular complexity index is 843. The third-order valence-corrected chi connectivity index (χ3v) is 5.13.